The SMILES string of the molecule is CC(N1CCCCC1)S(=O)(=O)Nc1cccc(B2OC(C)(C)C(C)(C)O2)c1. The van der Waals surface area contributed by atoms with Crippen LogP contribution in [0, 0.1) is 0 Å². The Morgan fingerprint density at radius 1 is 1.07 bits per heavy atom. The molecule has 0 radical (unpaired) electrons. The first-order chi connectivity index (χ1) is 12.5. The minimum atomic E-state index is -3.50. The second-order valence-electron chi connectivity index (χ2n) is 8.56. The predicted molar refractivity (Wildman–Crippen MR) is 110 cm³/mol. The fraction of sp³-hybridized carbons (Fsp3) is 0.684. The van der Waals surface area contributed by atoms with E-state index in [2.05, 4.69) is 4.72 Å². The first-order valence-corrected chi connectivity index (χ1v) is 11.3. The second-order valence-corrected chi connectivity index (χ2v) is 10.5. The fourth-order valence-corrected chi connectivity index (χ4v) is 4.69. The highest BCUT2D eigenvalue weighted by Gasteiger charge is 2.51. The maximum atomic E-state index is 12.8. The summed E-state index contributed by atoms with van der Waals surface area (Å²) in [6, 6.07) is 7.27. The van der Waals surface area contributed by atoms with Gasteiger partial charge < -0.3 is 9.31 Å². The molecule has 150 valence electrons. The van der Waals surface area contributed by atoms with Gasteiger partial charge in [-0.2, -0.15) is 0 Å². The molecular weight excluding hydrogens is 363 g/mol. The van der Waals surface area contributed by atoms with Crippen molar-refractivity contribution in [2.75, 3.05) is 17.8 Å². The van der Waals surface area contributed by atoms with Crippen molar-refractivity contribution < 1.29 is 17.7 Å². The summed E-state index contributed by atoms with van der Waals surface area (Å²) in [6.45, 7) is 11.4. The molecular formula is C19H31BN2O4S. The maximum absolute atomic E-state index is 12.8. The molecule has 1 unspecified atom stereocenters. The molecule has 2 aliphatic heterocycles. The minimum absolute atomic E-state index is 0.435. The number of hydrogen-bond donors (Lipinski definition) is 1. The van der Waals surface area contributed by atoms with Crippen molar-refractivity contribution in [1.29, 1.82) is 0 Å². The molecule has 1 N–H and O–H groups in total. The van der Waals surface area contributed by atoms with E-state index in [1.54, 1.807) is 19.1 Å². The lowest BCUT2D eigenvalue weighted by Crippen LogP contribution is -2.44. The maximum Gasteiger partial charge on any atom is 0.494 e. The molecule has 0 amide bonds. The zero-order valence-electron chi connectivity index (χ0n) is 17.0. The Hall–Kier alpha value is -1.09. The third-order valence-corrected chi connectivity index (χ3v) is 7.74. The monoisotopic (exact) mass is 394 g/mol. The van der Waals surface area contributed by atoms with Crippen LogP contribution in [-0.2, 0) is 19.3 Å². The van der Waals surface area contributed by atoms with E-state index in [0.717, 1.165) is 31.4 Å². The van der Waals surface area contributed by atoms with Gasteiger partial charge in [-0.15, -0.1) is 0 Å². The lowest BCUT2D eigenvalue weighted by molar-refractivity contribution is 0.00578. The summed E-state index contributed by atoms with van der Waals surface area (Å²) in [5.41, 5.74) is 0.469. The van der Waals surface area contributed by atoms with Crippen LogP contribution in [0.2, 0.25) is 0 Å². The first kappa shape index (κ1) is 20.6. The van der Waals surface area contributed by atoms with E-state index >= 15 is 0 Å². The number of sulfonamides is 1. The Bertz CT molecular complexity index is 760. The Kier molecular flexibility index (Phi) is 5.65. The Balaban J connectivity index is 1.74. The first-order valence-electron chi connectivity index (χ1n) is 9.73. The summed E-state index contributed by atoms with van der Waals surface area (Å²) in [6.07, 6.45) is 3.28. The topological polar surface area (TPSA) is 67.9 Å². The van der Waals surface area contributed by atoms with Gasteiger partial charge in [-0.1, -0.05) is 18.6 Å². The number of piperidine rings is 1. The van der Waals surface area contributed by atoms with Gasteiger partial charge in [0.15, 0.2) is 0 Å². The lowest BCUT2D eigenvalue weighted by atomic mass is 9.79. The highest BCUT2D eigenvalue weighted by molar-refractivity contribution is 7.93. The molecule has 1 aromatic rings. The Morgan fingerprint density at radius 2 is 1.67 bits per heavy atom. The molecule has 2 saturated heterocycles. The van der Waals surface area contributed by atoms with E-state index < -0.39 is 33.7 Å². The third-order valence-electron chi connectivity index (χ3n) is 6.03. The van der Waals surface area contributed by atoms with Gasteiger partial charge in [-0.05, 0) is 78.1 Å². The van der Waals surface area contributed by atoms with Crippen molar-refractivity contribution in [2.45, 2.75) is 70.5 Å². The molecule has 8 heteroatoms. The number of nitrogens with zero attached hydrogens (tertiary/aromatic N) is 1. The largest absolute Gasteiger partial charge is 0.494 e. The molecule has 0 saturated carbocycles. The number of benzene rings is 1. The van der Waals surface area contributed by atoms with Crippen molar-refractivity contribution in [3.8, 4) is 0 Å². The molecule has 2 fully saturated rings. The normalized spacial score (nSPS) is 24.0. The number of anilines is 1. The van der Waals surface area contributed by atoms with E-state index in [9.17, 15) is 8.42 Å². The molecule has 3 rings (SSSR count). The number of nitrogens with one attached hydrogen (secondary N) is 1. The molecule has 2 heterocycles. The number of rotatable bonds is 5. The van der Waals surface area contributed by atoms with Crippen LogP contribution in [-0.4, -0.2) is 50.1 Å². The molecule has 1 aromatic carbocycles. The van der Waals surface area contributed by atoms with Crippen LogP contribution < -0.4 is 10.2 Å². The van der Waals surface area contributed by atoms with Crippen LogP contribution in [0.3, 0.4) is 0 Å². The number of hydrogen-bond acceptors (Lipinski definition) is 5. The Labute approximate surface area is 163 Å². The van der Waals surface area contributed by atoms with Gasteiger partial charge in [0.25, 0.3) is 0 Å². The standard InChI is InChI=1S/C19H31BN2O4S/c1-15(22-12-7-6-8-13-22)27(23,24)21-17-11-9-10-16(14-17)20-25-18(2,3)19(4,5)26-20/h9-11,14-15,21H,6-8,12-13H2,1-5H3. The summed E-state index contributed by atoms with van der Waals surface area (Å²) in [7, 11) is -4.02. The zero-order valence-corrected chi connectivity index (χ0v) is 17.8. The van der Waals surface area contributed by atoms with Crippen molar-refractivity contribution in [2.24, 2.45) is 0 Å². The molecule has 6 nitrogen and oxygen atoms in total. The summed E-state index contributed by atoms with van der Waals surface area (Å²) in [5.74, 6) is 0. The van der Waals surface area contributed by atoms with Crippen LogP contribution in [0.15, 0.2) is 24.3 Å². The van der Waals surface area contributed by atoms with Crippen LogP contribution in [0.4, 0.5) is 5.69 Å². The van der Waals surface area contributed by atoms with Crippen LogP contribution in [0.25, 0.3) is 0 Å². The van der Waals surface area contributed by atoms with Crippen LogP contribution in [0.1, 0.15) is 53.9 Å². The van der Waals surface area contributed by atoms with E-state index in [0.29, 0.717) is 5.69 Å². The fourth-order valence-electron chi connectivity index (χ4n) is 3.46. The van der Waals surface area contributed by atoms with Crippen LogP contribution in [0.5, 0.6) is 0 Å². The molecule has 27 heavy (non-hydrogen) atoms. The molecule has 2 aliphatic rings. The summed E-state index contributed by atoms with van der Waals surface area (Å²) >= 11 is 0. The quantitative estimate of drug-likeness (QED) is 0.778. The van der Waals surface area contributed by atoms with E-state index in [4.69, 9.17) is 9.31 Å². The second kappa shape index (κ2) is 7.39. The average molecular weight is 394 g/mol. The molecule has 0 bridgehead atoms. The van der Waals surface area contributed by atoms with Gasteiger partial charge in [-0.3, -0.25) is 9.62 Å². The highest BCUT2D eigenvalue weighted by atomic mass is 32.2. The predicted octanol–water partition coefficient (Wildman–Crippen LogP) is 2.56. The van der Waals surface area contributed by atoms with Crippen molar-refractivity contribution in [3.05, 3.63) is 24.3 Å². The summed E-state index contributed by atoms with van der Waals surface area (Å²) in [5, 5.41) is -0.557. The third kappa shape index (κ3) is 4.34. The highest BCUT2D eigenvalue weighted by Crippen LogP contribution is 2.36. The van der Waals surface area contributed by atoms with E-state index in [-0.39, 0.29) is 0 Å². The molecule has 0 spiro atoms. The zero-order chi connectivity index (χ0) is 19.9. The lowest BCUT2D eigenvalue weighted by Gasteiger charge is -2.32. The summed E-state index contributed by atoms with van der Waals surface area (Å²) in [4.78, 5) is 2.03. The van der Waals surface area contributed by atoms with Crippen LogP contribution >= 0.6 is 0 Å². The van der Waals surface area contributed by atoms with Gasteiger partial charge in [0.2, 0.25) is 10.0 Å². The van der Waals surface area contributed by atoms with E-state index in [1.807, 2.05) is 44.7 Å². The van der Waals surface area contributed by atoms with Crippen molar-refractivity contribution in [1.82, 2.24) is 4.90 Å². The number of likely N-dealkylation sites (tertiary alicyclic amines) is 1. The van der Waals surface area contributed by atoms with E-state index in [1.165, 1.54) is 6.42 Å². The van der Waals surface area contributed by atoms with Gasteiger partial charge in [0, 0.05) is 5.69 Å². The van der Waals surface area contributed by atoms with Gasteiger partial charge in [0.05, 0.1) is 11.2 Å². The smallest absolute Gasteiger partial charge is 0.399 e. The Morgan fingerprint density at radius 3 is 2.26 bits per heavy atom. The molecule has 0 aromatic heterocycles. The van der Waals surface area contributed by atoms with Gasteiger partial charge >= 0.3 is 7.12 Å². The average Bonchev–Trinajstić information content (AvgIpc) is 2.82. The van der Waals surface area contributed by atoms with Crippen molar-refractivity contribution >= 4 is 28.3 Å². The van der Waals surface area contributed by atoms with Gasteiger partial charge in [-0.25, -0.2) is 8.42 Å². The van der Waals surface area contributed by atoms with Gasteiger partial charge in [0.1, 0.15) is 5.37 Å². The van der Waals surface area contributed by atoms with Crippen molar-refractivity contribution in [3.63, 3.8) is 0 Å². The molecule has 1 atom stereocenters. The minimum Gasteiger partial charge on any atom is -0.399 e. The molecule has 0 aliphatic carbocycles. The summed E-state index contributed by atoms with van der Waals surface area (Å²) < 4.78 is 40.5.